The van der Waals surface area contributed by atoms with Crippen molar-refractivity contribution in [3.63, 3.8) is 0 Å². The number of nitrogens with zero attached hydrogens (tertiary/aromatic N) is 2. The van der Waals surface area contributed by atoms with Crippen LogP contribution in [0.2, 0.25) is 18.1 Å². The van der Waals surface area contributed by atoms with Crippen LogP contribution in [0.5, 0.6) is 0 Å². The van der Waals surface area contributed by atoms with Gasteiger partial charge in [-0.05, 0) is 61.6 Å². The number of hydrogen-bond acceptors (Lipinski definition) is 4. The van der Waals surface area contributed by atoms with E-state index in [4.69, 9.17) is 4.43 Å². The molecule has 3 rings (SSSR count). The first-order valence-corrected chi connectivity index (χ1v) is 14.6. The van der Waals surface area contributed by atoms with Gasteiger partial charge in [-0.25, -0.2) is 9.59 Å². The molecule has 0 radical (unpaired) electrons. The molecule has 2 N–H and O–H groups in total. The van der Waals surface area contributed by atoms with Crippen molar-refractivity contribution in [2.45, 2.75) is 76.9 Å². The predicted octanol–water partition coefficient (Wildman–Crippen LogP) is 4.54. The molecular weight excluding hydrogens is 436 g/mol. The minimum absolute atomic E-state index is 0.0318. The highest BCUT2D eigenvalue weighted by Crippen LogP contribution is 2.39. The molecule has 182 valence electrons. The summed E-state index contributed by atoms with van der Waals surface area (Å²) in [6, 6.07) is 7.65. The molecule has 1 fully saturated rings. The molecule has 2 heterocycles. The number of hydrogen-bond donors (Lipinski definition) is 2. The Balaban J connectivity index is 1.82. The standard InChI is InChI=1S/C25H38N2O5Si/c1-16(32-33(6,7)25(2,3)4)12-17-8-10-18(11-9-17)20-13-19-14-27(24(30)31)15-21(26(19)5)22(20)23(28)29/h8-11,16,19,21H,12-15H2,1-7H3,(H,28,29)(H,30,31). The molecule has 7 nitrogen and oxygen atoms in total. The average molecular weight is 475 g/mol. The number of likely N-dealkylation sites (N-methyl/N-ethyl adjacent to an activating group) is 1. The largest absolute Gasteiger partial charge is 0.478 e. The third-order valence-corrected chi connectivity index (χ3v) is 12.2. The molecule has 1 aromatic carbocycles. The zero-order chi connectivity index (χ0) is 24.7. The maximum atomic E-state index is 12.2. The molecule has 3 atom stereocenters. The number of benzene rings is 1. The first-order chi connectivity index (χ1) is 15.2. The maximum absolute atomic E-state index is 12.2. The summed E-state index contributed by atoms with van der Waals surface area (Å²) < 4.78 is 6.49. The predicted molar refractivity (Wildman–Crippen MR) is 132 cm³/mol. The van der Waals surface area contributed by atoms with E-state index >= 15 is 0 Å². The van der Waals surface area contributed by atoms with E-state index in [1.165, 1.54) is 4.90 Å². The number of aliphatic carboxylic acids is 1. The highest BCUT2D eigenvalue weighted by atomic mass is 28.4. The summed E-state index contributed by atoms with van der Waals surface area (Å²) in [5.74, 6) is -0.979. The Bertz CT molecular complexity index is 935. The van der Waals surface area contributed by atoms with E-state index in [9.17, 15) is 19.8 Å². The van der Waals surface area contributed by atoms with Crippen molar-refractivity contribution in [2.75, 3.05) is 20.1 Å². The summed E-state index contributed by atoms with van der Waals surface area (Å²) in [5.41, 5.74) is 3.19. The Kier molecular flexibility index (Phi) is 7.12. The zero-order valence-electron chi connectivity index (χ0n) is 20.9. The molecule has 8 heteroatoms. The second-order valence-corrected chi connectivity index (χ2v) is 15.8. The SMILES string of the molecule is CC(Cc1ccc(C2=C(C(=O)O)C3CN(C(=O)O)CC(C2)N3C)cc1)O[Si](C)(C)C(C)(C)C. The van der Waals surface area contributed by atoms with E-state index in [2.05, 4.69) is 52.9 Å². The van der Waals surface area contributed by atoms with Crippen LogP contribution < -0.4 is 0 Å². The van der Waals surface area contributed by atoms with Crippen LogP contribution >= 0.6 is 0 Å². The fourth-order valence-electron chi connectivity index (χ4n) is 4.70. The van der Waals surface area contributed by atoms with E-state index < -0.39 is 26.4 Å². The van der Waals surface area contributed by atoms with Gasteiger partial charge in [0.25, 0.3) is 0 Å². The molecule has 1 aromatic rings. The van der Waals surface area contributed by atoms with Gasteiger partial charge in [-0.15, -0.1) is 0 Å². The quantitative estimate of drug-likeness (QED) is 0.588. The summed E-state index contributed by atoms with van der Waals surface area (Å²) in [4.78, 5) is 27.1. The third kappa shape index (κ3) is 5.33. The minimum atomic E-state index is -1.84. The van der Waals surface area contributed by atoms with Gasteiger partial charge in [-0.1, -0.05) is 45.0 Å². The maximum Gasteiger partial charge on any atom is 0.407 e. The van der Waals surface area contributed by atoms with E-state index in [1.807, 2.05) is 24.1 Å². The number of carboxylic acids is 1. The third-order valence-electron chi connectivity index (χ3n) is 7.62. The summed E-state index contributed by atoms with van der Waals surface area (Å²) in [7, 11) is 0.0521. The van der Waals surface area contributed by atoms with Gasteiger partial charge in [-0.3, -0.25) is 4.90 Å². The molecule has 2 aliphatic rings. The highest BCUT2D eigenvalue weighted by Gasteiger charge is 2.43. The molecule has 1 saturated heterocycles. The first-order valence-electron chi connectivity index (χ1n) is 11.6. The van der Waals surface area contributed by atoms with Crippen molar-refractivity contribution in [3.8, 4) is 0 Å². The average Bonchev–Trinajstić information content (AvgIpc) is 2.66. The molecule has 33 heavy (non-hydrogen) atoms. The van der Waals surface area contributed by atoms with E-state index in [-0.39, 0.29) is 23.7 Å². The number of carbonyl (C=O) groups is 2. The lowest BCUT2D eigenvalue weighted by Crippen LogP contribution is -2.61. The second kappa shape index (κ2) is 9.23. The van der Waals surface area contributed by atoms with Crippen LogP contribution in [0.3, 0.4) is 0 Å². The molecule has 0 aromatic heterocycles. The lowest BCUT2D eigenvalue weighted by atomic mass is 9.82. The van der Waals surface area contributed by atoms with E-state index in [1.54, 1.807) is 0 Å². The molecule has 0 saturated carbocycles. The lowest BCUT2D eigenvalue weighted by molar-refractivity contribution is -0.134. The first kappa shape index (κ1) is 25.5. The van der Waals surface area contributed by atoms with Crippen LogP contribution in [0.4, 0.5) is 4.79 Å². The fraction of sp³-hybridized carbons (Fsp3) is 0.600. The Morgan fingerprint density at radius 3 is 2.27 bits per heavy atom. The normalized spacial score (nSPS) is 22.9. The van der Waals surface area contributed by atoms with Crippen molar-refractivity contribution in [2.24, 2.45) is 0 Å². The molecule has 3 unspecified atom stereocenters. The minimum Gasteiger partial charge on any atom is -0.478 e. The van der Waals surface area contributed by atoms with Gasteiger partial charge < -0.3 is 19.5 Å². The Labute approximate surface area is 198 Å². The molecule has 2 aliphatic heterocycles. The van der Waals surface area contributed by atoms with Crippen LogP contribution in [-0.4, -0.2) is 78.7 Å². The Hall–Kier alpha value is -2.16. The van der Waals surface area contributed by atoms with Crippen molar-refractivity contribution in [3.05, 3.63) is 41.0 Å². The van der Waals surface area contributed by atoms with E-state index in [0.717, 1.165) is 23.1 Å². The van der Waals surface area contributed by atoms with Gasteiger partial charge in [0.15, 0.2) is 8.32 Å². The lowest BCUT2D eigenvalue weighted by Gasteiger charge is -2.48. The fourth-order valence-corrected chi connectivity index (χ4v) is 6.14. The monoisotopic (exact) mass is 474 g/mol. The molecule has 2 bridgehead atoms. The van der Waals surface area contributed by atoms with Crippen LogP contribution in [-0.2, 0) is 15.6 Å². The number of amides is 1. The summed E-state index contributed by atoms with van der Waals surface area (Å²) >= 11 is 0. The summed E-state index contributed by atoms with van der Waals surface area (Å²) in [6.07, 6.45) is 0.432. The van der Waals surface area contributed by atoms with Crippen molar-refractivity contribution >= 4 is 26.0 Å². The Morgan fingerprint density at radius 2 is 1.76 bits per heavy atom. The zero-order valence-corrected chi connectivity index (χ0v) is 21.9. The van der Waals surface area contributed by atoms with Gasteiger partial charge in [0, 0.05) is 25.2 Å². The smallest absolute Gasteiger partial charge is 0.407 e. The van der Waals surface area contributed by atoms with Gasteiger partial charge >= 0.3 is 12.1 Å². The van der Waals surface area contributed by atoms with Crippen LogP contribution in [0, 0.1) is 0 Å². The van der Waals surface area contributed by atoms with Gasteiger partial charge in [0.1, 0.15) is 0 Å². The van der Waals surface area contributed by atoms with E-state index in [0.29, 0.717) is 18.5 Å². The van der Waals surface area contributed by atoms with Gasteiger partial charge in [0.2, 0.25) is 0 Å². The van der Waals surface area contributed by atoms with Crippen molar-refractivity contribution < 1.29 is 24.2 Å². The highest BCUT2D eigenvalue weighted by molar-refractivity contribution is 6.74. The number of carboxylic acid groups (broad SMARTS) is 2. The topological polar surface area (TPSA) is 90.3 Å². The summed E-state index contributed by atoms with van der Waals surface area (Å²) in [5, 5.41) is 19.6. The number of piperazine rings is 1. The molecule has 0 spiro atoms. The van der Waals surface area contributed by atoms with Crippen molar-refractivity contribution in [1.29, 1.82) is 0 Å². The Morgan fingerprint density at radius 1 is 1.15 bits per heavy atom. The number of rotatable bonds is 6. The van der Waals surface area contributed by atoms with Crippen LogP contribution in [0.1, 0.15) is 45.2 Å². The number of fused-ring (bicyclic) bond motifs is 2. The molecule has 1 amide bonds. The summed E-state index contributed by atoms with van der Waals surface area (Å²) in [6.45, 7) is 13.9. The van der Waals surface area contributed by atoms with Crippen LogP contribution in [0.15, 0.2) is 29.8 Å². The second-order valence-electron chi connectivity index (χ2n) is 11.0. The van der Waals surface area contributed by atoms with Gasteiger partial charge in [-0.2, -0.15) is 0 Å². The van der Waals surface area contributed by atoms with Crippen molar-refractivity contribution in [1.82, 2.24) is 9.80 Å². The van der Waals surface area contributed by atoms with Gasteiger partial charge in [0.05, 0.1) is 11.6 Å². The van der Waals surface area contributed by atoms with Crippen LogP contribution in [0.25, 0.3) is 5.57 Å². The molecule has 0 aliphatic carbocycles. The molecular formula is C25H38N2O5Si.